The van der Waals surface area contributed by atoms with Crippen LogP contribution in [0.15, 0.2) is 24.4 Å². The zero-order valence-electron chi connectivity index (χ0n) is 12.2. The number of hydrogen-bond acceptors (Lipinski definition) is 3. The summed E-state index contributed by atoms with van der Waals surface area (Å²) >= 11 is 1.89. The maximum atomic E-state index is 4.52. The van der Waals surface area contributed by atoms with Gasteiger partial charge in [0.1, 0.15) is 0 Å². The van der Waals surface area contributed by atoms with Gasteiger partial charge in [-0.25, -0.2) is 0 Å². The quantitative estimate of drug-likeness (QED) is 0.892. The molecule has 0 aliphatic rings. The number of likely N-dealkylation sites (N-methyl/N-ethyl adjacent to an activating group) is 1. The third-order valence-corrected chi connectivity index (χ3v) is 4.63. The van der Waals surface area contributed by atoms with Gasteiger partial charge in [-0.15, -0.1) is 11.3 Å². The molecule has 0 spiro atoms. The van der Waals surface area contributed by atoms with Crippen molar-refractivity contribution < 1.29 is 0 Å². The van der Waals surface area contributed by atoms with Crippen molar-refractivity contribution in [1.29, 1.82) is 0 Å². The Hall–Kier alpha value is -1.19. The number of thiophene rings is 1. The van der Waals surface area contributed by atoms with E-state index in [-0.39, 0.29) is 0 Å². The van der Waals surface area contributed by atoms with E-state index in [0.29, 0.717) is 6.04 Å². The predicted octanol–water partition coefficient (Wildman–Crippen LogP) is 3.96. The fraction of sp³-hybridized carbons (Fsp3) is 0.438. The SMILES string of the molecule is CCNC(Cc1ccc(C)cn1)c1cc(C)c(C)s1. The smallest absolute Gasteiger partial charge is 0.0470 e. The van der Waals surface area contributed by atoms with Gasteiger partial charge in [-0.05, 0) is 50.6 Å². The van der Waals surface area contributed by atoms with Crippen LogP contribution in [0.5, 0.6) is 0 Å². The van der Waals surface area contributed by atoms with Crippen molar-refractivity contribution in [3.8, 4) is 0 Å². The van der Waals surface area contributed by atoms with Gasteiger partial charge in [-0.1, -0.05) is 13.0 Å². The molecule has 0 radical (unpaired) electrons. The van der Waals surface area contributed by atoms with E-state index < -0.39 is 0 Å². The predicted molar refractivity (Wildman–Crippen MR) is 82.9 cm³/mol. The maximum absolute atomic E-state index is 4.52. The van der Waals surface area contributed by atoms with E-state index in [1.807, 2.05) is 17.5 Å². The topological polar surface area (TPSA) is 24.9 Å². The van der Waals surface area contributed by atoms with Crippen molar-refractivity contribution in [2.45, 2.75) is 40.2 Å². The zero-order chi connectivity index (χ0) is 13.8. The van der Waals surface area contributed by atoms with E-state index in [1.165, 1.54) is 20.9 Å². The molecule has 0 saturated heterocycles. The van der Waals surface area contributed by atoms with Crippen LogP contribution in [0, 0.1) is 20.8 Å². The van der Waals surface area contributed by atoms with Crippen molar-refractivity contribution in [1.82, 2.24) is 10.3 Å². The summed E-state index contributed by atoms with van der Waals surface area (Å²) < 4.78 is 0. The first-order chi connectivity index (χ1) is 9.10. The molecule has 0 saturated carbocycles. The number of aryl methyl sites for hydroxylation is 3. The highest BCUT2D eigenvalue weighted by atomic mass is 32.1. The van der Waals surface area contributed by atoms with E-state index >= 15 is 0 Å². The molecule has 2 aromatic rings. The number of aromatic nitrogens is 1. The first kappa shape index (κ1) is 14.2. The minimum atomic E-state index is 0.373. The second kappa shape index (κ2) is 6.31. The van der Waals surface area contributed by atoms with Gasteiger partial charge in [0.05, 0.1) is 0 Å². The molecule has 1 N–H and O–H groups in total. The van der Waals surface area contributed by atoms with Crippen LogP contribution in [0.3, 0.4) is 0 Å². The van der Waals surface area contributed by atoms with Crippen LogP contribution in [0.2, 0.25) is 0 Å². The third kappa shape index (κ3) is 3.64. The van der Waals surface area contributed by atoms with Gasteiger partial charge in [0, 0.05) is 34.1 Å². The number of pyridine rings is 1. The van der Waals surface area contributed by atoms with Gasteiger partial charge < -0.3 is 5.32 Å². The second-order valence-electron chi connectivity index (χ2n) is 5.03. The fourth-order valence-electron chi connectivity index (χ4n) is 2.12. The molecule has 2 nitrogen and oxygen atoms in total. The van der Waals surface area contributed by atoms with E-state index in [4.69, 9.17) is 0 Å². The molecule has 0 amide bonds. The molecule has 1 atom stereocenters. The molecule has 0 bridgehead atoms. The molecule has 2 aromatic heterocycles. The summed E-state index contributed by atoms with van der Waals surface area (Å²) in [5, 5.41) is 3.57. The molecule has 19 heavy (non-hydrogen) atoms. The Bertz CT molecular complexity index is 509. The van der Waals surface area contributed by atoms with Gasteiger partial charge in [0.25, 0.3) is 0 Å². The van der Waals surface area contributed by atoms with Crippen LogP contribution in [0.25, 0.3) is 0 Å². The number of rotatable bonds is 5. The summed E-state index contributed by atoms with van der Waals surface area (Å²) in [5.41, 5.74) is 3.76. The highest BCUT2D eigenvalue weighted by Gasteiger charge is 2.15. The van der Waals surface area contributed by atoms with Gasteiger partial charge >= 0.3 is 0 Å². The van der Waals surface area contributed by atoms with Gasteiger partial charge in [0.15, 0.2) is 0 Å². The van der Waals surface area contributed by atoms with Crippen molar-refractivity contribution in [3.63, 3.8) is 0 Å². The normalized spacial score (nSPS) is 12.6. The Kier molecular flexibility index (Phi) is 4.72. The molecule has 0 aromatic carbocycles. The summed E-state index contributed by atoms with van der Waals surface area (Å²) in [4.78, 5) is 7.35. The highest BCUT2D eigenvalue weighted by Crippen LogP contribution is 2.28. The second-order valence-corrected chi connectivity index (χ2v) is 6.32. The van der Waals surface area contributed by atoms with Gasteiger partial charge in [0.2, 0.25) is 0 Å². The Morgan fingerprint density at radius 3 is 2.58 bits per heavy atom. The van der Waals surface area contributed by atoms with E-state index in [1.54, 1.807) is 0 Å². The summed E-state index contributed by atoms with van der Waals surface area (Å²) in [6.07, 6.45) is 2.90. The average molecular weight is 274 g/mol. The largest absolute Gasteiger partial charge is 0.309 e. The molecule has 2 heterocycles. The minimum absolute atomic E-state index is 0.373. The van der Waals surface area contributed by atoms with Crippen molar-refractivity contribution >= 4 is 11.3 Å². The lowest BCUT2D eigenvalue weighted by Crippen LogP contribution is -2.22. The first-order valence-electron chi connectivity index (χ1n) is 6.82. The molecule has 0 aliphatic carbocycles. The molecule has 2 rings (SSSR count). The molecule has 102 valence electrons. The van der Waals surface area contributed by atoms with Crippen LogP contribution < -0.4 is 5.32 Å². The van der Waals surface area contributed by atoms with Gasteiger partial charge in [-0.2, -0.15) is 0 Å². The lowest BCUT2D eigenvalue weighted by molar-refractivity contribution is 0.552. The van der Waals surface area contributed by atoms with Crippen LogP contribution >= 0.6 is 11.3 Å². The Morgan fingerprint density at radius 2 is 2.05 bits per heavy atom. The number of nitrogens with one attached hydrogen (secondary N) is 1. The summed E-state index contributed by atoms with van der Waals surface area (Å²) in [6, 6.07) is 6.95. The first-order valence-corrected chi connectivity index (χ1v) is 7.63. The Labute approximate surface area is 119 Å². The maximum Gasteiger partial charge on any atom is 0.0470 e. The number of nitrogens with zero attached hydrogens (tertiary/aromatic N) is 1. The van der Waals surface area contributed by atoms with Gasteiger partial charge in [-0.3, -0.25) is 4.98 Å². The third-order valence-electron chi connectivity index (χ3n) is 3.36. The van der Waals surface area contributed by atoms with Crippen LogP contribution in [-0.4, -0.2) is 11.5 Å². The summed E-state index contributed by atoms with van der Waals surface area (Å²) in [6.45, 7) is 9.58. The summed E-state index contributed by atoms with van der Waals surface area (Å²) in [7, 11) is 0. The van der Waals surface area contributed by atoms with Crippen molar-refractivity contribution in [2.75, 3.05) is 6.54 Å². The Morgan fingerprint density at radius 1 is 1.26 bits per heavy atom. The molecule has 0 fully saturated rings. The highest BCUT2D eigenvalue weighted by molar-refractivity contribution is 7.12. The van der Waals surface area contributed by atoms with Crippen molar-refractivity contribution in [3.05, 3.63) is 51.0 Å². The van der Waals surface area contributed by atoms with E-state index in [2.05, 4.69) is 56.2 Å². The van der Waals surface area contributed by atoms with Crippen LogP contribution in [0.1, 0.15) is 39.5 Å². The zero-order valence-corrected chi connectivity index (χ0v) is 13.0. The van der Waals surface area contributed by atoms with Crippen LogP contribution in [-0.2, 0) is 6.42 Å². The lowest BCUT2D eigenvalue weighted by Gasteiger charge is -2.16. The standard InChI is InChI=1S/C16H22N2S/c1-5-17-15(16-8-12(3)13(4)19-16)9-14-7-6-11(2)10-18-14/h6-8,10,15,17H,5,9H2,1-4H3. The van der Waals surface area contributed by atoms with E-state index in [9.17, 15) is 0 Å². The molecular weight excluding hydrogens is 252 g/mol. The molecule has 0 aliphatic heterocycles. The molecule has 1 unspecified atom stereocenters. The Balaban J connectivity index is 2.18. The number of hydrogen-bond donors (Lipinski definition) is 1. The van der Waals surface area contributed by atoms with Crippen LogP contribution in [0.4, 0.5) is 0 Å². The van der Waals surface area contributed by atoms with Crippen molar-refractivity contribution in [2.24, 2.45) is 0 Å². The molecule has 3 heteroatoms. The minimum Gasteiger partial charge on any atom is -0.309 e. The van der Waals surface area contributed by atoms with E-state index in [0.717, 1.165) is 18.7 Å². The monoisotopic (exact) mass is 274 g/mol. The fourth-order valence-corrected chi connectivity index (χ4v) is 3.24. The lowest BCUT2D eigenvalue weighted by atomic mass is 10.1. The molecular formula is C16H22N2S. The average Bonchev–Trinajstić information content (AvgIpc) is 2.72. The summed E-state index contributed by atoms with van der Waals surface area (Å²) in [5.74, 6) is 0.